The van der Waals surface area contributed by atoms with E-state index in [4.69, 9.17) is 0 Å². The predicted octanol–water partition coefficient (Wildman–Crippen LogP) is 3.89. The smallest absolute Gasteiger partial charge is 0.131 e. The van der Waals surface area contributed by atoms with Crippen molar-refractivity contribution in [1.29, 1.82) is 0 Å². The highest BCUT2D eigenvalue weighted by molar-refractivity contribution is 9.10. The first-order chi connectivity index (χ1) is 8.71. The van der Waals surface area contributed by atoms with E-state index in [1.54, 1.807) is 0 Å². The molecule has 2 unspecified atom stereocenters. The second-order valence-electron chi connectivity index (χ2n) is 4.71. The summed E-state index contributed by atoms with van der Waals surface area (Å²) in [5.41, 5.74) is 0. The number of rotatable bonds is 4. The van der Waals surface area contributed by atoms with Gasteiger partial charge in [-0.05, 0) is 41.4 Å². The molecular weight excluding hydrogens is 310 g/mol. The van der Waals surface area contributed by atoms with Crippen LogP contribution in [0.4, 0.5) is 5.82 Å². The van der Waals surface area contributed by atoms with Gasteiger partial charge in [0.15, 0.2) is 0 Å². The first-order valence-electron chi connectivity index (χ1n) is 6.54. The summed E-state index contributed by atoms with van der Waals surface area (Å²) in [6, 6.07) is 2.53. The highest BCUT2D eigenvalue weighted by Gasteiger charge is 2.21. The van der Waals surface area contributed by atoms with Crippen LogP contribution in [0.1, 0.15) is 38.4 Å². The van der Waals surface area contributed by atoms with Gasteiger partial charge < -0.3 is 5.32 Å². The Bertz CT molecular complexity index is 400. The Kier molecular flexibility index (Phi) is 5.30. The van der Waals surface area contributed by atoms with Crippen molar-refractivity contribution in [2.75, 3.05) is 11.6 Å². The minimum absolute atomic E-state index is 0.558. The van der Waals surface area contributed by atoms with Gasteiger partial charge in [-0.1, -0.05) is 13.3 Å². The minimum Gasteiger partial charge on any atom is -0.367 e. The maximum atomic E-state index is 4.54. The Morgan fingerprint density at radius 1 is 1.44 bits per heavy atom. The third-order valence-corrected chi connectivity index (χ3v) is 4.87. The van der Waals surface area contributed by atoms with Crippen molar-refractivity contribution in [3.63, 3.8) is 0 Å². The molecule has 1 saturated carbocycles. The number of aromatic nitrogens is 2. The Hall–Kier alpha value is -0.290. The zero-order chi connectivity index (χ0) is 13.0. The van der Waals surface area contributed by atoms with E-state index < -0.39 is 0 Å². The molecule has 0 bridgehead atoms. The molecular formula is C13H20BrN3S. The molecule has 5 heteroatoms. The van der Waals surface area contributed by atoms with Crippen molar-refractivity contribution in [3.05, 3.63) is 16.5 Å². The fourth-order valence-corrected chi connectivity index (χ4v) is 3.64. The number of thioether (sulfide) groups is 1. The predicted molar refractivity (Wildman–Crippen MR) is 82.3 cm³/mol. The molecule has 1 N–H and O–H groups in total. The summed E-state index contributed by atoms with van der Waals surface area (Å²) < 4.78 is 0.870. The highest BCUT2D eigenvalue weighted by Crippen LogP contribution is 2.28. The average molecular weight is 330 g/mol. The summed E-state index contributed by atoms with van der Waals surface area (Å²) in [6.07, 6.45) is 8.24. The number of halogens is 1. The molecule has 1 aromatic rings. The standard InChI is InChI=1S/C13H20BrN3S/c1-3-12-16-11(14)8-13(17-12)15-9-5-4-6-10(7-9)18-2/h8-10H,3-7H2,1-2H3,(H,15,16,17). The maximum absolute atomic E-state index is 4.54. The molecule has 1 fully saturated rings. The molecule has 0 radical (unpaired) electrons. The number of nitrogens with zero attached hydrogens (tertiary/aromatic N) is 2. The number of nitrogens with one attached hydrogen (secondary N) is 1. The Labute approximate surface area is 122 Å². The van der Waals surface area contributed by atoms with Gasteiger partial charge in [-0.3, -0.25) is 0 Å². The molecule has 1 aliphatic carbocycles. The molecule has 0 aliphatic heterocycles. The quantitative estimate of drug-likeness (QED) is 0.850. The summed E-state index contributed by atoms with van der Waals surface area (Å²) in [5.74, 6) is 1.85. The van der Waals surface area contributed by atoms with Crippen LogP contribution in [0.15, 0.2) is 10.7 Å². The van der Waals surface area contributed by atoms with E-state index in [1.807, 2.05) is 17.8 Å². The van der Waals surface area contributed by atoms with Crippen molar-refractivity contribution < 1.29 is 0 Å². The van der Waals surface area contributed by atoms with Crippen molar-refractivity contribution in [2.24, 2.45) is 0 Å². The average Bonchev–Trinajstić information content (AvgIpc) is 2.38. The molecule has 1 aliphatic rings. The van der Waals surface area contributed by atoms with Gasteiger partial charge >= 0.3 is 0 Å². The number of aryl methyl sites for hydroxylation is 1. The molecule has 1 aromatic heterocycles. The van der Waals surface area contributed by atoms with Gasteiger partial charge in [0.1, 0.15) is 16.2 Å². The monoisotopic (exact) mass is 329 g/mol. The van der Waals surface area contributed by atoms with Crippen molar-refractivity contribution >= 4 is 33.5 Å². The molecule has 0 spiro atoms. The molecule has 2 rings (SSSR count). The fraction of sp³-hybridized carbons (Fsp3) is 0.692. The van der Waals surface area contributed by atoms with Gasteiger partial charge in [0.05, 0.1) is 0 Å². The third-order valence-electron chi connectivity index (χ3n) is 3.37. The van der Waals surface area contributed by atoms with E-state index in [0.29, 0.717) is 6.04 Å². The van der Waals surface area contributed by atoms with E-state index in [2.05, 4.69) is 44.4 Å². The minimum atomic E-state index is 0.558. The topological polar surface area (TPSA) is 37.8 Å². The van der Waals surface area contributed by atoms with Crippen LogP contribution in [0.2, 0.25) is 0 Å². The molecule has 0 saturated heterocycles. The van der Waals surface area contributed by atoms with Crippen LogP contribution < -0.4 is 5.32 Å². The van der Waals surface area contributed by atoms with Crippen LogP contribution in [0, 0.1) is 0 Å². The lowest BCUT2D eigenvalue weighted by atomic mass is 9.95. The fourth-order valence-electron chi connectivity index (χ4n) is 2.40. The molecule has 18 heavy (non-hydrogen) atoms. The number of anilines is 1. The van der Waals surface area contributed by atoms with Gasteiger partial charge in [0, 0.05) is 23.8 Å². The zero-order valence-corrected chi connectivity index (χ0v) is 13.4. The third kappa shape index (κ3) is 3.85. The molecule has 0 amide bonds. The van der Waals surface area contributed by atoms with E-state index in [9.17, 15) is 0 Å². The van der Waals surface area contributed by atoms with Crippen LogP contribution in [0.5, 0.6) is 0 Å². The molecule has 0 aromatic carbocycles. The van der Waals surface area contributed by atoms with Crippen molar-refractivity contribution in [1.82, 2.24) is 9.97 Å². The van der Waals surface area contributed by atoms with E-state index in [1.165, 1.54) is 25.7 Å². The molecule has 100 valence electrons. The van der Waals surface area contributed by atoms with E-state index in [-0.39, 0.29) is 0 Å². The summed E-state index contributed by atoms with van der Waals surface area (Å²) in [6.45, 7) is 2.08. The normalized spacial score (nSPS) is 23.9. The maximum Gasteiger partial charge on any atom is 0.131 e. The van der Waals surface area contributed by atoms with Crippen molar-refractivity contribution in [3.8, 4) is 0 Å². The second-order valence-corrected chi connectivity index (χ2v) is 6.66. The largest absolute Gasteiger partial charge is 0.367 e. The highest BCUT2D eigenvalue weighted by atomic mass is 79.9. The van der Waals surface area contributed by atoms with Crippen molar-refractivity contribution in [2.45, 2.75) is 50.3 Å². The Balaban J connectivity index is 2.02. The van der Waals surface area contributed by atoms with Crippen LogP contribution in [0.3, 0.4) is 0 Å². The van der Waals surface area contributed by atoms with Crippen LogP contribution in [0.25, 0.3) is 0 Å². The summed E-state index contributed by atoms with van der Waals surface area (Å²) in [4.78, 5) is 8.88. The summed E-state index contributed by atoms with van der Waals surface area (Å²) in [7, 11) is 0. The number of hydrogen-bond acceptors (Lipinski definition) is 4. The Morgan fingerprint density at radius 2 is 2.28 bits per heavy atom. The zero-order valence-electron chi connectivity index (χ0n) is 10.9. The van der Waals surface area contributed by atoms with E-state index >= 15 is 0 Å². The van der Waals surface area contributed by atoms with Crippen LogP contribution >= 0.6 is 27.7 Å². The molecule has 1 heterocycles. The summed E-state index contributed by atoms with van der Waals surface area (Å²) in [5, 5.41) is 4.36. The van der Waals surface area contributed by atoms with Gasteiger partial charge in [0.25, 0.3) is 0 Å². The second kappa shape index (κ2) is 6.75. The first-order valence-corrected chi connectivity index (χ1v) is 8.62. The lowest BCUT2D eigenvalue weighted by Gasteiger charge is -2.29. The van der Waals surface area contributed by atoms with Gasteiger partial charge in [-0.15, -0.1) is 0 Å². The first kappa shape index (κ1) is 14.1. The van der Waals surface area contributed by atoms with Gasteiger partial charge in [0.2, 0.25) is 0 Å². The van der Waals surface area contributed by atoms with Gasteiger partial charge in [-0.2, -0.15) is 11.8 Å². The Morgan fingerprint density at radius 3 is 3.00 bits per heavy atom. The molecule has 2 atom stereocenters. The molecule has 3 nitrogen and oxygen atoms in total. The van der Waals surface area contributed by atoms with E-state index in [0.717, 1.165) is 27.9 Å². The van der Waals surface area contributed by atoms with Crippen LogP contribution in [-0.4, -0.2) is 27.5 Å². The van der Waals surface area contributed by atoms with Gasteiger partial charge in [-0.25, -0.2) is 9.97 Å². The lowest BCUT2D eigenvalue weighted by molar-refractivity contribution is 0.472. The van der Waals surface area contributed by atoms with Crippen LogP contribution in [-0.2, 0) is 6.42 Å². The lowest BCUT2D eigenvalue weighted by Crippen LogP contribution is -2.29. The summed E-state index contributed by atoms with van der Waals surface area (Å²) >= 11 is 5.44. The SMILES string of the molecule is CCc1nc(Br)cc(NC2CCCC(SC)C2)n1. The number of hydrogen-bond donors (Lipinski definition) is 1.